The summed E-state index contributed by atoms with van der Waals surface area (Å²) in [6.07, 6.45) is 0. The molecular formula is C23H31N4O2+. The molecule has 2 aromatic carbocycles. The number of methoxy groups -OCH3 is 1. The molecule has 4 rings (SSSR count). The van der Waals surface area contributed by atoms with Crippen LogP contribution in [0.25, 0.3) is 0 Å². The zero-order chi connectivity index (χ0) is 20.1. The summed E-state index contributed by atoms with van der Waals surface area (Å²) in [6, 6.07) is 18.7. The number of quaternary nitrogens is 1. The quantitative estimate of drug-likeness (QED) is 0.811. The van der Waals surface area contributed by atoms with E-state index in [4.69, 9.17) is 4.74 Å². The zero-order valence-electron chi connectivity index (χ0n) is 17.2. The van der Waals surface area contributed by atoms with Gasteiger partial charge in [-0.05, 0) is 36.4 Å². The molecule has 0 aromatic heterocycles. The number of piperazine rings is 2. The average Bonchev–Trinajstić information content (AvgIpc) is 2.80. The zero-order valence-corrected chi connectivity index (χ0v) is 17.2. The molecule has 6 heteroatoms. The van der Waals surface area contributed by atoms with Crippen molar-refractivity contribution >= 4 is 17.3 Å². The number of hydrogen-bond acceptors (Lipinski definition) is 4. The fourth-order valence-corrected chi connectivity index (χ4v) is 4.23. The van der Waals surface area contributed by atoms with Gasteiger partial charge in [0.2, 0.25) is 0 Å². The highest BCUT2D eigenvalue weighted by molar-refractivity contribution is 5.77. The Morgan fingerprint density at radius 2 is 1.41 bits per heavy atom. The molecule has 2 heterocycles. The smallest absolute Gasteiger partial charge is 0.277 e. The van der Waals surface area contributed by atoms with Crippen LogP contribution in [-0.2, 0) is 4.79 Å². The highest BCUT2D eigenvalue weighted by Crippen LogP contribution is 2.19. The number of carbonyl (C=O) groups excluding carboxylic acids is 1. The minimum atomic E-state index is 0.297. The first-order valence-electron chi connectivity index (χ1n) is 10.5. The lowest BCUT2D eigenvalue weighted by Gasteiger charge is -2.37. The van der Waals surface area contributed by atoms with Crippen molar-refractivity contribution in [3.63, 3.8) is 0 Å². The van der Waals surface area contributed by atoms with Gasteiger partial charge in [-0.25, -0.2) is 0 Å². The van der Waals surface area contributed by atoms with E-state index in [0.717, 1.165) is 58.1 Å². The van der Waals surface area contributed by atoms with Crippen molar-refractivity contribution in [3.8, 4) is 5.75 Å². The number of para-hydroxylation sites is 1. The van der Waals surface area contributed by atoms with Crippen molar-refractivity contribution in [1.82, 2.24) is 4.90 Å². The van der Waals surface area contributed by atoms with Gasteiger partial charge in [0.25, 0.3) is 5.91 Å². The first-order chi connectivity index (χ1) is 14.2. The Hall–Kier alpha value is -2.73. The molecule has 0 atom stereocenters. The van der Waals surface area contributed by atoms with Gasteiger partial charge in [0.05, 0.1) is 33.3 Å². The molecular weight excluding hydrogens is 364 g/mol. The molecule has 29 heavy (non-hydrogen) atoms. The van der Waals surface area contributed by atoms with Gasteiger partial charge in [-0.2, -0.15) is 0 Å². The predicted octanol–water partition coefficient (Wildman–Crippen LogP) is 0.749. The van der Waals surface area contributed by atoms with E-state index in [9.17, 15) is 4.79 Å². The summed E-state index contributed by atoms with van der Waals surface area (Å²) in [7, 11) is 1.69. The predicted molar refractivity (Wildman–Crippen MR) is 116 cm³/mol. The van der Waals surface area contributed by atoms with Crippen LogP contribution in [0.15, 0.2) is 54.6 Å². The van der Waals surface area contributed by atoms with E-state index < -0.39 is 0 Å². The fourth-order valence-electron chi connectivity index (χ4n) is 4.23. The van der Waals surface area contributed by atoms with E-state index in [1.54, 1.807) is 7.11 Å². The maximum Gasteiger partial charge on any atom is 0.277 e. The molecule has 1 amide bonds. The fraction of sp³-hybridized carbons (Fsp3) is 0.435. The van der Waals surface area contributed by atoms with Gasteiger partial charge in [-0.15, -0.1) is 0 Å². The van der Waals surface area contributed by atoms with Crippen LogP contribution in [0.3, 0.4) is 0 Å². The highest BCUT2D eigenvalue weighted by Gasteiger charge is 2.27. The Morgan fingerprint density at radius 1 is 0.828 bits per heavy atom. The van der Waals surface area contributed by atoms with Crippen LogP contribution >= 0.6 is 0 Å². The third-order valence-corrected chi connectivity index (χ3v) is 6.06. The van der Waals surface area contributed by atoms with E-state index in [2.05, 4.69) is 46.2 Å². The number of carbonyl (C=O) groups is 1. The Kier molecular flexibility index (Phi) is 6.20. The first kappa shape index (κ1) is 19.6. The van der Waals surface area contributed by atoms with Gasteiger partial charge in [-0.1, -0.05) is 18.2 Å². The number of anilines is 2. The van der Waals surface area contributed by atoms with Crippen LogP contribution < -0.4 is 19.4 Å². The van der Waals surface area contributed by atoms with Crippen molar-refractivity contribution in [1.29, 1.82) is 0 Å². The molecule has 2 aliphatic rings. The van der Waals surface area contributed by atoms with Crippen molar-refractivity contribution in [2.45, 2.75) is 0 Å². The summed E-state index contributed by atoms with van der Waals surface area (Å²) < 4.78 is 5.24. The van der Waals surface area contributed by atoms with E-state index in [1.807, 2.05) is 23.1 Å². The Labute approximate surface area is 173 Å². The molecule has 2 fully saturated rings. The summed E-state index contributed by atoms with van der Waals surface area (Å²) in [5, 5.41) is 0. The standard InChI is InChI=1S/C23H30N4O2/c1-29-22-9-7-21(8-10-22)25-13-11-24(12-14-25)19-23(28)27-17-15-26(16-18-27)20-5-3-2-4-6-20/h2-10H,11-19H2,1H3/p+1. The third kappa shape index (κ3) is 4.82. The molecule has 2 aliphatic heterocycles. The van der Waals surface area contributed by atoms with Gasteiger partial charge in [-0.3, -0.25) is 4.79 Å². The maximum absolute atomic E-state index is 12.8. The van der Waals surface area contributed by atoms with Crippen LogP contribution in [0.1, 0.15) is 0 Å². The average molecular weight is 396 g/mol. The second-order valence-corrected chi connectivity index (χ2v) is 7.82. The van der Waals surface area contributed by atoms with Crippen LogP contribution in [0.2, 0.25) is 0 Å². The Balaban J connectivity index is 1.22. The lowest BCUT2D eigenvalue weighted by Crippen LogP contribution is -3.16. The molecule has 0 bridgehead atoms. The van der Waals surface area contributed by atoms with Crippen LogP contribution in [0, 0.1) is 0 Å². The maximum atomic E-state index is 12.8. The van der Waals surface area contributed by atoms with Crippen LogP contribution in [-0.4, -0.2) is 76.8 Å². The largest absolute Gasteiger partial charge is 0.497 e. The van der Waals surface area contributed by atoms with Crippen LogP contribution in [0.5, 0.6) is 5.75 Å². The molecule has 2 saturated heterocycles. The van der Waals surface area contributed by atoms with Crippen LogP contribution in [0.4, 0.5) is 11.4 Å². The summed E-state index contributed by atoms with van der Waals surface area (Å²) in [5.74, 6) is 1.18. The molecule has 0 spiro atoms. The summed E-state index contributed by atoms with van der Waals surface area (Å²) in [5.41, 5.74) is 2.48. The van der Waals surface area contributed by atoms with E-state index in [0.29, 0.717) is 12.5 Å². The van der Waals surface area contributed by atoms with Crippen molar-refractivity contribution in [3.05, 3.63) is 54.6 Å². The monoisotopic (exact) mass is 395 g/mol. The molecule has 0 aliphatic carbocycles. The van der Waals surface area contributed by atoms with Gasteiger partial charge in [0.15, 0.2) is 6.54 Å². The molecule has 0 radical (unpaired) electrons. The number of nitrogens with one attached hydrogen (secondary N) is 1. The summed E-state index contributed by atoms with van der Waals surface area (Å²) in [4.78, 5) is 21.0. The minimum Gasteiger partial charge on any atom is -0.497 e. The number of nitrogens with zero attached hydrogens (tertiary/aromatic N) is 3. The SMILES string of the molecule is COc1ccc(N2CC[NH+](CC(=O)N3CCN(c4ccccc4)CC3)CC2)cc1. The molecule has 6 nitrogen and oxygen atoms in total. The van der Waals surface area contributed by atoms with E-state index >= 15 is 0 Å². The number of rotatable bonds is 5. The Bertz CT molecular complexity index is 780. The Morgan fingerprint density at radius 3 is 2.03 bits per heavy atom. The van der Waals surface area contributed by atoms with Gasteiger partial charge < -0.3 is 24.3 Å². The van der Waals surface area contributed by atoms with Gasteiger partial charge >= 0.3 is 0 Å². The summed E-state index contributed by atoms with van der Waals surface area (Å²) >= 11 is 0. The molecule has 154 valence electrons. The normalized spacial score (nSPS) is 18.0. The van der Waals surface area contributed by atoms with Crippen molar-refractivity contribution in [2.24, 2.45) is 0 Å². The number of hydrogen-bond donors (Lipinski definition) is 1. The lowest BCUT2D eigenvalue weighted by molar-refractivity contribution is -0.892. The molecule has 0 unspecified atom stereocenters. The second kappa shape index (κ2) is 9.18. The minimum absolute atomic E-state index is 0.297. The van der Waals surface area contributed by atoms with Crippen molar-refractivity contribution in [2.75, 3.05) is 75.8 Å². The summed E-state index contributed by atoms with van der Waals surface area (Å²) in [6.45, 7) is 8.05. The molecule has 1 N–H and O–H groups in total. The van der Waals surface area contributed by atoms with Crippen molar-refractivity contribution < 1.29 is 14.4 Å². The number of benzene rings is 2. The lowest BCUT2D eigenvalue weighted by atomic mass is 10.2. The van der Waals surface area contributed by atoms with Gasteiger partial charge in [0.1, 0.15) is 5.75 Å². The number of amides is 1. The number of ether oxygens (including phenoxy) is 1. The first-order valence-corrected chi connectivity index (χ1v) is 10.5. The van der Waals surface area contributed by atoms with Gasteiger partial charge in [0, 0.05) is 37.6 Å². The topological polar surface area (TPSA) is 40.5 Å². The highest BCUT2D eigenvalue weighted by atomic mass is 16.5. The molecule has 2 aromatic rings. The van der Waals surface area contributed by atoms with E-state index in [-0.39, 0.29) is 0 Å². The van der Waals surface area contributed by atoms with E-state index in [1.165, 1.54) is 16.3 Å². The second-order valence-electron chi connectivity index (χ2n) is 7.82. The third-order valence-electron chi connectivity index (χ3n) is 6.06. The molecule has 0 saturated carbocycles.